The van der Waals surface area contributed by atoms with E-state index in [4.69, 9.17) is 5.73 Å². The third-order valence-electron chi connectivity index (χ3n) is 2.15. The van der Waals surface area contributed by atoms with Crippen LogP contribution in [0.2, 0.25) is 0 Å². The summed E-state index contributed by atoms with van der Waals surface area (Å²) in [5, 5.41) is 0. The Kier molecular flexibility index (Phi) is 2.33. The smallest absolute Gasteiger partial charge is 0.123 e. The first-order chi connectivity index (χ1) is 6.81. The van der Waals surface area contributed by atoms with Gasteiger partial charge in [0.2, 0.25) is 0 Å². The highest BCUT2D eigenvalue weighted by atomic mass is 19.1. The molecule has 2 aromatic rings. The number of benzene rings is 1. The van der Waals surface area contributed by atoms with Gasteiger partial charge in [-0.3, -0.25) is 0 Å². The summed E-state index contributed by atoms with van der Waals surface area (Å²) in [7, 11) is 0. The van der Waals surface area contributed by atoms with Crippen molar-refractivity contribution >= 4 is 0 Å². The highest BCUT2D eigenvalue weighted by molar-refractivity contribution is 5.35. The Morgan fingerprint density at radius 1 is 1.14 bits per heavy atom. The van der Waals surface area contributed by atoms with E-state index in [-0.39, 0.29) is 5.82 Å². The molecule has 0 aliphatic carbocycles. The second kappa shape index (κ2) is 3.64. The maximum atomic E-state index is 12.7. The molecule has 0 aliphatic heterocycles. The molecular formula is C11H11FN2. The maximum absolute atomic E-state index is 12.7. The third-order valence-corrected chi connectivity index (χ3v) is 2.15. The summed E-state index contributed by atoms with van der Waals surface area (Å²) in [4.78, 5) is 0. The minimum atomic E-state index is -0.227. The van der Waals surface area contributed by atoms with Gasteiger partial charge in [-0.15, -0.1) is 0 Å². The predicted octanol–water partition coefficient (Wildman–Crippen LogP) is 2.08. The molecule has 0 aliphatic rings. The first-order valence-corrected chi connectivity index (χ1v) is 4.43. The highest BCUT2D eigenvalue weighted by Gasteiger charge is 2.00. The summed E-state index contributed by atoms with van der Waals surface area (Å²) < 4.78 is 14.6. The summed E-state index contributed by atoms with van der Waals surface area (Å²) in [5.74, 6) is -0.227. The van der Waals surface area contributed by atoms with Crippen LogP contribution in [0.4, 0.5) is 4.39 Å². The Labute approximate surface area is 81.8 Å². The van der Waals surface area contributed by atoms with Crippen LogP contribution >= 0.6 is 0 Å². The number of hydrogen-bond donors (Lipinski definition) is 1. The summed E-state index contributed by atoms with van der Waals surface area (Å²) >= 11 is 0. The molecule has 0 atom stereocenters. The molecule has 72 valence electrons. The summed E-state index contributed by atoms with van der Waals surface area (Å²) in [6, 6.07) is 10.2. The number of hydrogen-bond acceptors (Lipinski definition) is 1. The minimum Gasteiger partial charge on any atom is -0.325 e. The fourth-order valence-electron chi connectivity index (χ4n) is 1.44. The van der Waals surface area contributed by atoms with E-state index in [1.54, 1.807) is 12.1 Å². The van der Waals surface area contributed by atoms with Crippen molar-refractivity contribution in [3.05, 3.63) is 54.1 Å². The number of rotatable bonds is 2. The largest absolute Gasteiger partial charge is 0.325 e. The van der Waals surface area contributed by atoms with Crippen LogP contribution in [0.5, 0.6) is 0 Å². The van der Waals surface area contributed by atoms with E-state index in [2.05, 4.69) is 0 Å². The van der Waals surface area contributed by atoms with Crippen molar-refractivity contribution in [1.82, 2.24) is 4.57 Å². The van der Waals surface area contributed by atoms with Crippen molar-refractivity contribution in [2.24, 2.45) is 5.73 Å². The van der Waals surface area contributed by atoms with Crippen molar-refractivity contribution in [1.29, 1.82) is 0 Å². The standard InChI is InChI=1S/C11H11FN2/c12-9-3-5-10(6-4-9)14-7-1-2-11(14)8-13/h1-7H,8,13H2. The van der Waals surface area contributed by atoms with E-state index in [9.17, 15) is 4.39 Å². The van der Waals surface area contributed by atoms with Crippen molar-refractivity contribution in [3.63, 3.8) is 0 Å². The highest BCUT2D eigenvalue weighted by Crippen LogP contribution is 2.12. The van der Waals surface area contributed by atoms with E-state index < -0.39 is 0 Å². The van der Waals surface area contributed by atoms with Gasteiger partial charge in [0.15, 0.2) is 0 Å². The van der Waals surface area contributed by atoms with Crippen LogP contribution in [-0.2, 0) is 6.54 Å². The van der Waals surface area contributed by atoms with Gasteiger partial charge in [0, 0.05) is 24.1 Å². The molecule has 1 aromatic carbocycles. The van der Waals surface area contributed by atoms with Crippen molar-refractivity contribution in [2.45, 2.75) is 6.54 Å². The zero-order valence-corrected chi connectivity index (χ0v) is 7.65. The second-order valence-electron chi connectivity index (χ2n) is 3.05. The van der Waals surface area contributed by atoms with Gasteiger partial charge in [0.25, 0.3) is 0 Å². The SMILES string of the molecule is NCc1cccn1-c1ccc(F)cc1. The average molecular weight is 190 g/mol. The zero-order valence-electron chi connectivity index (χ0n) is 7.65. The Balaban J connectivity index is 2.44. The zero-order chi connectivity index (χ0) is 9.97. The van der Waals surface area contributed by atoms with E-state index in [0.29, 0.717) is 6.54 Å². The lowest BCUT2D eigenvalue weighted by atomic mass is 10.3. The van der Waals surface area contributed by atoms with Gasteiger partial charge in [-0.25, -0.2) is 4.39 Å². The molecule has 0 saturated carbocycles. The fourth-order valence-corrected chi connectivity index (χ4v) is 1.44. The van der Waals surface area contributed by atoms with Crippen LogP contribution in [0.3, 0.4) is 0 Å². The van der Waals surface area contributed by atoms with Gasteiger partial charge in [0.1, 0.15) is 5.82 Å². The van der Waals surface area contributed by atoms with Gasteiger partial charge >= 0.3 is 0 Å². The quantitative estimate of drug-likeness (QED) is 0.772. The summed E-state index contributed by atoms with van der Waals surface area (Å²) in [6.45, 7) is 0.477. The first-order valence-electron chi connectivity index (χ1n) is 4.43. The first kappa shape index (κ1) is 8.97. The molecule has 2 nitrogen and oxygen atoms in total. The van der Waals surface area contributed by atoms with Crippen molar-refractivity contribution in [3.8, 4) is 5.69 Å². The van der Waals surface area contributed by atoms with Crippen LogP contribution in [0.1, 0.15) is 5.69 Å². The van der Waals surface area contributed by atoms with Gasteiger partial charge in [0.05, 0.1) is 0 Å². The molecule has 0 bridgehead atoms. The Morgan fingerprint density at radius 3 is 2.50 bits per heavy atom. The molecule has 0 saturated heterocycles. The van der Waals surface area contributed by atoms with Crippen LogP contribution in [-0.4, -0.2) is 4.57 Å². The van der Waals surface area contributed by atoms with E-state index in [1.807, 2.05) is 22.9 Å². The third kappa shape index (κ3) is 1.54. The Hall–Kier alpha value is -1.61. The molecule has 1 heterocycles. The number of nitrogens with two attached hydrogens (primary N) is 1. The molecule has 3 heteroatoms. The van der Waals surface area contributed by atoms with Crippen LogP contribution < -0.4 is 5.73 Å². The minimum absolute atomic E-state index is 0.227. The lowest BCUT2D eigenvalue weighted by Gasteiger charge is -2.06. The molecule has 0 amide bonds. The number of aromatic nitrogens is 1. The van der Waals surface area contributed by atoms with E-state index >= 15 is 0 Å². The number of halogens is 1. The molecule has 14 heavy (non-hydrogen) atoms. The van der Waals surface area contributed by atoms with Crippen LogP contribution in [0, 0.1) is 5.82 Å². The molecule has 0 radical (unpaired) electrons. The van der Waals surface area contributed by atoms with Gasteiger partial charge in [-0.05, 0) is 36.4 Å². The van der Waals surface area contributed by atoms with E-state index in [0.717, 1.165) is 11.4 Å². The van der Waals surface area contributed by atoms with Gasteiger partial charge in [-0.1, -0.05) is 0 Å². The molecule has 0 spiro atoms. The lowest BCUT2D eigenvalue weighted by Crippen LogP contribution is -2.04. The van der Waals surface area contributed by atoms with Crippen molar-refractivity contribution in [2.75, 3.05) is 0 Å². The Morgan fingerprint density at radius 2 is 1.86 bits per heavy atom. The summed E-state index contributed by atoms with van der Waals surface area (Å²) in [6.07, 6.45) is 1.91. The normalized spacial score (nSPS) is 10.4. The monoisotopic (exact) mass is 190 g/mol. The second-order valence-corrected chi connectivity index (χ2v) is 3.05. The summed E-state index contributed by atoms with van der Waals surface area (Å²) in [5.41, 5.74) is 7.51. The molecule has 2 N–H and O–H groups in total. The molecule has 1 aromatic heterocycles. The van der Waals surface area contributed by atoms with Crippen LogP contribution in [0.25, 0.3) is 5.69 Å². The number of nitrogens with zero attached hydrogens (tertiary/aromatic N) is 1. The average Bonchev–Trinajstić information content (AvgIpc) is 2.67. The molecule has 0 unspecified atom stereocenters. The molecular weight excluding hydrogens is 179 g/mol. The topological polar surface area (TPSA) is 30.9 Å². The Bertz CT molecular complexity index is 417. The molecule has 2 rings (SSSR count). The predicted molar refractivity (Wildman–Crippen MR) is 53.6 cm³/mol. The fraction of sp³-hybridized carbons (Fsp3) is 0.0909. The van der Waals surface area contributed by atoms with Crippen molar-refractivity contribution < 1.29 is 4.39 Å². The maximum Gasteiger partial charge on any atom is 0.123 e. The molecule has 0 fully saturated rings. The van der Waals surface area contributed by atoms with E-state index in [1.165, 1.54) is 12.1 Å². The van der Waals surface area contributed by atoms with Crippen LogP contribution in [0.15, 0.2) is 42.6 Å². The lowest BCUT2D eigenvalue weighted by molar-refractivity contribution is 0.627. The van der Waals surface area contributed by atoms with Gasteiger partial charge < -0.3 is 10.3 Å². The van der Waals surface area contributed by atoms with Gasteiger partial charge in [-0.2, -0.15) is 0 Å².